The Morgan fingerprint density at radius 1 is 1.08 bits per heavy atom. The van der Waals surface area contributed by atoms with Crippen molar-refractivity contribution in [2.75, 3.05) is 11.9 Å². The molecule has 2 amide bonds. The molecule has 2 N–H and O–H groups in total. The van der Waals surface area contributed by atoms with Crippen LogP contribution < -0.4 is 15.4 Å². The molecule has 1 aromatic heterocycles. The predicted molar refractivity (Wildman–Crippen MR) is 130 cm³/mol. The minimum atomic E-state index is -4.63. The number of hydrogen-bond acceptors (Lipinski definition) is 4. The van der Waals surface area contributed by atoms with Gasteiger partial charge >= 0.3 is 6.18 Å². The van der Waals surface area contributed by atoms with Gasteiger partial charge in [-0.25, -0.2) is 0 Å². The van der Waals surface area contributed by atoms with Gasteiger partial charge in [-0.1, -0.05) is 23.7 Å². The second-order valence-corrected chi connectivity index (χ2v) is 8.63. The molecule has 0 atom stereocenters. The molecule has 0 aliphatic heterocycles. The molecule has 6 nitrogen and oxygen atoms in total. The van der Waals surface area contributed by atoms with Crippen LogP contribution in [0.3, 0.4) is 0 Å². The molecule has 2 aromatic carbocycles. The molecular formula is C26H21ClF3N3O3. The fraction of sp³-hybridized carbons (Fsp3) is 0.192. The first-order chi connectivity index (χ1) is 17.2. The number of pyridine rings is 1. The van der Waals surface area contributed by atoms with Crippen molar-refractivity contribution >= 4 is 35.2 Å². The van der Waals surface area contributed by atoms with Crippen LogP contribution >= 0.6 is 11.6 Å². The zero-order valence-electron chi connectivity index (χ0n) is 18.8. The number of halogens is 4. The van der Waals surface area contributed by atoms with Gasteiger partial charge in [-0.05, 0) is 66.8 Å². The van der Waals surface area contributed by atoms with Crippen LogP contribution in [0.2, 0.25) is 5.02 Å². The number of amides is 2. The number of carbonyl (C=O) groups excluding carboxylic acids is 2. The van der Waals surface area contributed by atoms with Crippen LogP contribution in [0.25, 0.3) is 6.08 Å². The van der Waals surface area contributed by atoms with Gasteiger partial charge in [0.25, 0.3) is 5.91 Å². The molecule has 0 bridgehead atoms. The van der Waals surface area contributed by atoms with E-state index in [1.807, 2.05) is 0 Å². The number of rotatable bonds is 8. The van der Waals surface area contributed by atoms with Crippen LogP contribution in [0.4, 0.5) is 18.9 Å². The summed E-state index contributed by atoms with van der Waals surface area (Å²) in [5.74, 6) is 0.546. The standard InChI is InChI=1S/C26H21ClF3N3O3/c27-22-8-7-18(13-21(22)26(28,29)30)33-24(34)9-6-16-2-1-3-19(12-16)36-20-10-11-31-23(14-20)25(35)32-15-17-4-5-17/h1-3,6-14,17H,4-5,15H2,(H,32,35)(H,33,34). The SMILES string of the molecule is O=C(C=Cc1cccc(Oc2ccnc(C(=O)NCC3CC3)c2)c1)Nc1ccc(Cl)c(C(F)(F)F)c1. The highest BCUT2D eigenvalue weighted by molar-refractivity contribution is 6.31. The van der Waals surface area contributed by atoms with E-state index in [9.17, 15) is 22.8 Å². The lowest BCUT2D eigenvalue weighted by Crippen LogP contribution is -2.26. The molecule has 1 saturated carbocycles. The average molecular weight is 516 g/mol. The van der Waals surface area contributed by atoms with E-state index >= 15 is 0 Å². The lowest BCUT2D eigenvalue weighted by molar-refractivity contribution is -0.137. The first-order valence-electron chi connectivity index (χ1n) is 11.1. The molecule has 1 aliphatic carbocycles. The quantitative estimate of drug-likeness (QED) is 0.343. The Morgan fingerprint density at radius 2 is 1.86 bits per heavy atom. The molecule has 1 heterocycles. The molecule has 0 radical (unpaired) electrons. The van der Waals surface area contributed by atoms with Gasteiger partial charge in [0.1, 0.15) is 17.2 Å². The Morgan fingerprint density at radius 3 is 2.61 bits per heavy atom. The molecule has 1 aliphatic rings. The molecule has 0 spiro atoms. The lowest BCUT2D eigenvalue weighted by atomic mass is 10.2. The van der Waals surface area contributed by atoms with Crippen molar-refractivity contribution in [1.82, 2.24) is 10.3 Å². The summed E-state index contributed by atoms with van der Waals surface area (Å²) in [6.07, 6.45) is 1.79. The van der Waals surface area contributed by atoms with Gasteiger partial charge < -0.3 is 15.4 Å². The van der Waals surface area contributed by atoms with Crippen LogP contribution in [0.5, 0.6) is 11.5 Å². The van der Waals surface area contributed by atoms with Gasteiger partial charge in [0.2, 0.25) is 5.91 Å². The summed E-state index contributed by atoms with van der Waals surface area (Å²) in [5.41, 5.74) is -0.202. The predicted octanol–water partition coefficient (Wildman–Crippen LogP) is 6.34. The van der Waals surface area contributed by atoms with E-state index in [1.54, 1.807) is 36.4 Å². The maximum Gasteiger partial charge on any atom is 0.417 e. The van der Waals surface area contributed by atoms with Crippen molar-refractivity contribution in [3.05, 3.63) is 88.7 Å². The van der Waals surface area contributed by atoms with Gasteiger partial charge in [0, 0.05) is 30.6 Å². The summed E-state index contributed by atoms with van der Waals surface area (Å²) in [6.45, 7) is 0.634. The highest BCUT2D eigenvalue weighted by atomic mass is 35.5. The molecule has 3 aromatic rings. The Kier molecular flexibility index (Phi) is 7.59. The summed E-state index contributed by atoms with van der Waals surface area (Å²) in [5, 5.41) is 4.79. The summed E-state index contributed by atoms with van der Waals surface area (Å²) >= 11 is 5.60. The van der Waals surface area contributed by atoms with E-state index in [4.69, 9.17) is 16.3 Å². The lowest BCUT2D eigenvalue weighted by Gasteiger charge is -2.11. The maximum absolute atomic E-state index is 13.0. The van der Waals surface area contributed by atoms with Crippen LogP contribution in [0.15, 0.2) is 66.9 Å². The van der Waals surface area contributed by atoms with E-state index in [2.05, 4.69) is 15.6 Å². The highest BCUT2D eigenvalue weighted by Crippen LogP contribution is 2.36. The van der Waals surface area contributed by atoms with Crippen LogP contribution in [0, 0.1) is 5.92 Å². The van der Waals surface area contributed by atoms with Crippen molar-refractivity contribution in [3.63, 3.8) is 0 Å². The maximum atomic E-state index is 13.0. The molecule has 186 valence electrons. The molecule has 0 saturated heterocycles. The third-order valence-corrected chi connectivity index (χ3v) is 5.60. The fourth-order valence-corrected chi connectivity index (χ4v) is 3.47. The van der Waals surface area contributed by atoms with E-state index in [0.29, 0.717) is 29.5 Å². The van der Waals surface area contributed by atoms with Crippen molar-refractivity contribution in [3.8, 4) is 11.5 Å². The van der Waals surface area contributed by atoms with Crippen molar-refractivity contribution in [1.29, 1.82) is 0 Å². The van der Waals surface area contributed by atoms with Crippen molar-refractivity contribution in [2.24, 2.45) is 5.92 Å². The number of hydrogen-bond donors (Lipinski definition) is 2. The van der Waals surface area contributed by atoms with Gasteiger partial charge in [-0.15, -0.1) is 0 Å². The fourth-order valence-electron chi connectivity index (χ4n) is 3.24. The Labute approximate surface area is 210 Å². The normalized spacial score (nSPS) is 13.4. The summed E-state index contributed by atoms with van der Waals surface area (Å²) in [6, 6.07) is 13.1. The Bertz CT molecular complexity index is 1310. The minimum Gasteiger partial charge on any atom is -0.457 e. The number of ether oxygens (including phenoxy) is 1. The molecule has 36 heavy (non-hydrogen) atoms. The number of carbonyl (C=O) groups is 2. The Balaban J connectivity index is 1.38. The van der Waals surface area contributed by atoms with E-state index in [0.717, 1.165) is 25.0 Å². The van der Waals surface area contributed by atoms with E-state index in [1.165, 1.54) is 24.4 Å². The van der Waals surface area contributed by atoms with Gasteiger partial charge in [-0.3, -0.25) is 14.6 Å². The highest BCUT2D eigenvalue weighted by Gasteiger charge is 2.33. The summed E-state index contributed by atoms with van der Waals surface area (Å²) in [7, 11) is 0. The molecule has 0 unspecified atom stereocenters. The van der Waals surface area contributed by atoms with E-state index in [-0.39, 0.29) is 17.3 Å². The van der Waals surface area contributed by atoms with Crippen LogP contribution in [-0.2, 0) is 11.0 Å². The second-order valence-electron chi connectivity index (χ2n) is 8.22. The first kappa shape index (κ1) is 25.2. The largest absolute Gasteiger partial charge is 0.457 e. The third kappa shape index (κ3) is 7.08. The molecule has 1 fully saturated rings. The van der Waals surface area contributed by atoms with Crippen molar-refractivity contribution < 1.29 is 27.5 Å². The number of alkyl halides is 3. The van der Waals surface area contributed by atoms with E-state index < -0.39 is 22.7 Å². The van der Waals surface area contributed by atoms with Crippen molar-refractivity contribution in [2.45, 2.75) is 19.0 Å². The number of nitrogens with one attached hydrogen (secondary N) is 2. The first-order valence-corrected chi connectivity index (χ1v) is 11.4. The minimum absolute atomic E-state index is 0.0341. The van der Waals surface area contributed by atoms with Crippen LogP contribution in [-0.4, -0.2) is 23.3 Å². The molecular weight excluding hydrogens is 495 g/mol. The monoisotopic (exact) mass is 515 g/mol. The van der Waals surface area contributed by atoms with Gasteiger partial charge in [0.05, 0.1) is 10.6 Å². The molecule has 10 heteroatoms. The number of anilines is 1. The van der Waals surface area contributed by atoms with Gasteiger partial charge in [-0.2, -0.15) is 13.2 Å². The third-order valence-electron chi connectivity index (χ3n) is 5.27. The topological polar surface area (TPSA) is 80.3 Å². The Hall–Kier alpha value is -3.85. The average Bonchev–Trinajstić information content (AvgIpc) is 3.67. The number of nitrogens with zero attached hydrogens (tertiary/aromatic N) is 1. The summed E-state index contributed by atoms with van der Waals surface area (Å²) < 4.78 is 44.9. The second kappa shape index (κ2) is 10.8. The zero-order valence-corrected chi connectivity index (χ0v) is 19.6. The smallest absolute Gasteiger partial charge is 0.417 e. The zero-order chi connectivity index (χ0) is 25.7. The number of aromatic nitrogens is 1. The number of benzene rings is 2. The van der Waals surface area contributed by atoms with Gasteiger partial charge in [0.15, 0.2) is 0 Å². The molecule has 4 rings (SSSR count). The summed E-state index contributed by atoms with van der Waals surface area (Å²) in [4.78, 5) is 28.6. The van der Waals surface area contributed by atoms with Crippen LogP contribution in [0.1, 0.15) is 34.5 Å².